The van der Waals surface area contributed by atoms with Crippen LogP contribution in [0.25, 0.3) is 0 Å². The lowest BCUT2D eigenvalue weighted by molar-refractivity contribution is -0.118. The molecule has 0 saturated heterocycles. The number of hydrogen-bond donors (Lipinski definition) is 1. The van der Waals surface area contributed by atoms with Crippen LogP contribution < -0.4 is 10.2 Å². The number of thioether (sulfide) groups is 1. The minimum atomic E-state index is -0.102. The first kappa shape index (κ1) is 19.1. The topological polar surface area (TPSA) is 50.7 Å². The van der Waals surface area contributed by atoms with Gasteiger partial charge in [-0.2, -0.15) is 5.10 Å². The van der Waals surface area contributed by atoms with Gasteiger partial charge in [-0.15, -0.1) is 11.8 Å². The first-order valence-corrected chi connectivity index (χ1v) is 9.41. The Morgan fingerprint density at radius 3 is 2.60 bits per heavy atom. The summed E-state index contributed by atoms with van der Waals surface area (Å²) >= 11 is 1.58. The summed E-state index contributed by atoms with van der Waals surface area (Å²) in [6.45, 7) is 6.06. The van der Waals surface area contributed by atoms with E-state index < -0.39 is 0 Å². The first-order valence-electron chi connectivity index (χ1n) is 8.25. The molecule has 1 N–H and O–H groups in total. The van der Waals surface area contributed by atoms with Gasteiger partial charge in [-0.05, 0) is 61.7 Å². The molecule has 0 atom stereocenters. The van der Waals surface area contributed by atoms with Gasteiger partial charge in [0.25, 0.3) is 0 Å². The highest BCUT2D eigenvalue weighted by molar-refractivity contribution is 7.99. The molecule has 1 amide bonds. The number of rotatable bonds is 8. The molecule has 0 spiro atoms. The van der Waals surface area contributed by atoms with Crippen LogP contribution in [0.2, 0.25) is 0 Å². The smallest absolute Gasteiger partial charge is 0.250 e. The summed E-state index contributed by atoms with van der Waals surface area (Å²) in [7, 11) is 0. The minimum absolute atomic E-state index is 0.102. The Balaban J connectivity index is 1.72. The molecule has 0 radical (unpaired) electrons. The number of carbonyl (C=O) groups excluding carboxylic acids is 1. The van der Waals surface area contributed by atoms with Crippen molar-refractivity contribution in [2.24, 2.45) is 5.10 Å². The van der Waals surface area contributed by atoms with Crippen LogP contribution in [0.5, 0.6) is 5.75 Å². The van der Waals surface area contributed by atoms with E-state index in [4.69, 9.17) is 4.74 Å². The van der Waals surface area contributed by atoms with Gasteiger partial charge in [0.1, 0.15) is 5.75 Å². The van der Waals surface area contributed by atoms with Gasteiger partial charge in [-0.25, -0.2) is 5.43 Å². The molecule has 0 fully saturated rings. The van der Waals surface area contributed by atoms with Crippen molar-refractivity contribution < 1.29 is 9.53 Å². The van der Waals surface area contributed by atoms with Crippen LogP contribution in [-0.4, -0.2) is 24.0 Å². The number of nitrogens with zero attached hydrogens (tertiary/aromatic N) is 1. The molecular formula is C20H24N2O2S. The molecule has 0 heterocycles. The molecule has 132 valence electrons. The van der Waals surface area contributed by atoms with Crippen LogP contribution in [0.3, 0.4) is 0 Å². The van der Waals surface area contributed by atoms with Gasteiger partial charge in [-0.3, -0.25) is 4.79 Å². The predicted molar refractivity (Wildman–Crippen MR) is 105 cm³/mol. The third-order valence-corrected chi connectivity index (χ3v) is 4.39. The van der Waals surface area contributed by atoms with E-state index in [0.717, 1.165) is 17.1 Å². The van der Waals surface area contributed by atoms with Crippen LogP contribution >= 0.6 is 11.8 Å². The van der Waals surface area contributed by atoms with Gasteiger partial charge in [0.2, 0.25) is 5.91 Å². The minimum Gasteiger partial charge on any atom is -0.491 e. The molecule has 0 aromatic heterocycles. The number of hydrogen-bond acceptors (Lipinski definition) is 4. The molecule has 5 heteroatoms. The Hall–Kier alpha value is -2.27. The lowest BCUT2D eigenvalue weighted by Gasteiger charge is -2.09. The lowest BCUT2D eigenvalue weighted by atomic mass is 10.1. The zero-order valence-corrected chi connectivity index (χ0v) is 15.7. The van der Waals surface area contributed by atoms with Crippen LogP contribution in [0.15, 0.2) is 53.6 Å². The van der Waals surface area contributed by atoms with Gasteiger partial charge in [0.05, 0.1) is 18.1 Å². The number of hydrazone groups is 1. The van der Waals surface area contributed by atoms with Crippen LogP contribution in [-0.2, 0) is 10.5 Å². The molecule has 0 saturated carbocycles. The fraction of sp³-hybridized carbons (Fsp3) is 0.300. The molecule has 2 rings (SSSR count). The summed E-state index contributed by atoms with van der Waals surface area (Å²) < 4.78 is 5.58. The van der Waals surface area contributed by atoms with Crippen molar-refractivity contribution in [3.05, 3.63) is 65.2 Å². The van der Waals surface area contributed by atoms with Crippen molar-refractivity contribution in [1.29, 1.82) is 0 Å². The fourth-order valence-corrected chi connectivity index (χ4v) is 3.04. The van der Waals surface area contributed by atoms with Crippen molar-refractivity contribution in [3.63, 3.8) is 0 Å². The summed E-state index contributed by atoms with van der Waals surface area (Å²) in [5.74, 6) is 1.92. The maximum atomic E-state index is 11.8. The average molecular weight is 356 g/mol. The quantitative estimate of drug-likeness (QED) is 0.571. The van der Waals surface area contributed by atoms with Crippen molar-refractivity contribution in [2.45, 2.75) is 32.6 Å². The van der Waals surface area contributed by atoms with Crippen molar-refractivity contribution >= 4 is 23.9 Å². The van der Waals surface area contributed by atoms with Gasteiger partial charge in [-0.1, -0.05) is 24.3 Å². The van der Waals surface area contributed by atoms with Crippen LogP contribution in [0, 0.1) is 6.92 Å². The number of carbonyl (C=O) groups is 1. The zero-order valence-electron chi connectivity index (χ0n) is 14.9. The largest absolute Gasteiger partial charge is 0.491 e. The summed E-state index contributed by atoms with van der Waals surface area (Å²) in [5, 5.41) is 4.00. The second-order valence-electron chi connectivity index (χ2n) is 5.95. The maximum Gasteiger partial charge on any atom is 0.250 e. The molecular weight excluding hydrogens is 332 g/mol. The van der Waals surface area contributed by atoms with Crippen LogP contribution in [0.4, 0.5) is 0 Å². The molecule has 0 bridgehead atoms. The fourth-order valence-electron chi connectivity index (χ4n) is 2.14. The molecule has 0 unspecified atom stereocenters. The van der Waals surface area contributed by atoms with Crippen molar-refractivity contribution in [3.8, 4) is 5.75 Å². The van der Waals surface area contributed by atoms with E-state index >= 15 is 0 Å². The Bertz CT molecular complexity index is 712. The molecule has 25 heavy (non-hydrogen) atoms. The summed E-state index contributed by atoms with van der Waals surface area (Å²) in [6, 6.07) is 15.8. The van der Waals surface area contributed by atoms with E-state index in [-0.39, 0.29) is 12.0 Å². The van der Waals surface area contributed by atoms with E-state index in [0.29, 0.717) is 5.75 Å². The van der Waals surface area contributed by atoms with E-state index in [1.54, 1.807) is 18.0 Å². The molecule has 0 aliphatic rings. The van der Waals surface area contributed by atoms with Gasteiger partial charge in [0, 0.05) is 5.75 Å². The van der Waals surface area contributed by atoms with Crippen molar-refractivity contribution in [2.75, 3.05) is 5.75 Å². The summed E-state index contributed by atoms with van der Waals surface area (Å²) in [5.41, 5.74) is 5.97. The third kappa shape index (κ3) is 7.01. The summed E-state index contributed by atoms with van der Waals surface area (Å²) in [6.07, 6.45) is 1.78. The number of nitrogens with one attached hydrogen (secondary N) is 1. The number of benzene rings is 2. The molecule has 2 aromatic rings. The molecule has 2 aromatic carbocycles. The predicted octanol–water partition coefficient (Wildman–Crippen LogP) is 4.17. The lowest BCUT2D eigenvalue weighted by Crippen LogP contribution is -2.19. The van der Waals surface area contributed by atoms with Gasteiger partial charge < -0.3 is 4.74 Å². The Morgan fingerprint density at radius 1 is 1.20 bits per heavy atom. The Labute approximate surface area is 153 Å². The highest BCUT2D eigenvalue weighted by Crippen LogP contribution is 2.15. The second-order valence-corrected chi connectivity index (χ2v) is 6.93. The molecule has 4 nitrogen and oxygen atoms in total. The maximum absolute atomic E-state index is 11.8. The molecule has 0 aliphatic carbocycles. The standard InChI is InChI=1S/C20H24N2O2S/c1-15(2)24-19-10-8-17(9-11-19)12-21-22-20(23)14-25-13-18-7-5-4-6-16(18)3/h4-12,15H,13-14H2,1-3H3,(H,22,23)/b21-12-. The van der Waals surface area contributed by atoms with Gasteiger partial charge in [0.15, 0.2) is 0 Å². The highest BCUT2D eigenvalue weighted by Gasteiger charge is 2.02. The second kappa shape index (κ2) is 9.89. The summed E-state index contributed by atoms with van der Waals surface area (Å²) in [4.78, 5) is 11.8. The molecule has 0 aliphatic heterocycles. The van der Waals surface area contributed by atoms with Gasteiger partial charge >= 0.3 is 0 Å². The zero-order chi connectivity index (χ0) is 18.1. The number of aryl methyl sites for hydroxylation is 1. The SMILES string of the molecule is Cc1ccccc1CSCC(=O)N/N=C\c1ccc(OC(C)C)cc1. The Kier molecular flexibility index (Phi) is 7.54. The normalized spacial score (nSPS) is 11.0. The van der Waals surface area contributed by atoms with Crippen LogP contribution in [0.1, 0.15) is 30.5 Å². The number of amides is 1. The van der Waals surface area contributed by atoms with E-state index in [1.165, 1.54) is 11.1 Å². The van der Waals surface area contributed by atoms with Crippen molar-refractivity contribution in [1.82, 2.24) is 5.43 Å². The van der Waals surface area contributed by atoms with E-state index in [9.17, 15) is 4.79 Å². The first-order chi connectivity index (χ1) is 12.0. The third-order valence-electron chi connectivity index (χ3n) is 3.41. The monoisotopic (exact) mass is 356 g/mol. The number of ether oxygens (including phenoxy) is 1. The highest BCUT2D eigenvalue weighted by atomic mass is 32.2. The Morgan fingerprint density at radius 2 is 1.92 bits per heavy atom. The van der Waals surface area contributed by atoms with E-state index in [2.05, 4.69) is 29.6 Å². The average Bonchev–Trinajstić information content (AvgIpc) is 2.58. The van der Waals surface area contributed by atoms with E-state index in [1.807, 2.05) is 50.2 Å².